The summed E-state index contributed by atoms with van der Waals surface area (Å²) < 4.78 is 5.39. The minimum Gasteiger partial charge on any atom is -0.366 e. The van der Waals surface area contributed by atoms with Gasteiger partial charge in [0.15, 0.2) is 0 Å². The van der Waals surface area contributed by atoms with Crippen molar-refractivity contribution in [2.45, 2.75) is 26.0 Å². The molecule has 1 saturated heterocycles. The van der Waals surface area contributed by atoms with Crippen LogP contribution in [0.15, 0.2) is 5.38 Å². The Balaban J connectivity index is 0.00000162. The van der Waals surface area contributed by atoms with Gasteiger partial charge < -0.3 is 15.4 Å². The van der Waals surface area contributed by atoms with Crippen molar-refractivity contribution in [3.8, 4) is 0 Å². The van der Waals surface area contributed by atoms with E-state index < -0.39 is 0 Å². The number of morpholine rings is 1. The Bertz CT molecular complexity index is 397. The number of thiazole rings is 1. The van der Waals surface area contributed by atoms with E-state index in [1.807, 2.05) is 19.2 Å². The molecule has 1 aromatic rings. The first-order valence-corrected chi connectivity index (χ1v) is 6.59. The van der Waals surface area contributed by atoms with Crippen molar-refractivity contribution in [1.82, 2.24) is 15.6 Å². The number of aromatic nitrogens is 1. The summed E-state index contributed by atoms with van der Waals surface area (Å²) in [6.45, 7) is 5.86. The summed E-state index contributed by atoms with van der Waals surface area (Å²) in [7, 11) is 0. The van der Waals surface area contributed by atoms with Gasteiger partial charge in [-0.2, -0.15) is 0 Å². The normalized spacial score (nSPS) is 19.8. The van der Waals surface area contributed by atoms with Gasteiger partial charge in [0.25, 0.3) is 5.91 Å². The topological polar surface area (TPSA) is 63.2 Å². The third-order valence-corrected chi connectivity index (χ3v) is 3.73. The monoisotopic (exact) mass is 327 g/mol. The van der Waals surface area contributed by atoms with Crippen LogP contribution in [0.3, 0.4) is 0 Å². The van der Waals surface area contributed by atoms with Crippen LogP contribution in [0.25, 0.3) is 0 Å². The van der Waals surface area contributed by atoms with Crippen LogP contribution in [0.5, 0.6) is 0 Å². The number of hydrogen-bond acceptors (Lipinski definition) is 5. The summed E-state index contributed by atoms with van der Waals surface area (Å²) >= 11 is 1.56. The highest BCUT2D eigenvalue weighted by atomic mass is 35.5. The number of nitrogens with zero attached hydrogens (tertiary/aromatic N) is 1. The Labute approximate surface area is 129 Å². The number of hydrogen-bond donors (Lipinski definition) is 2. The smallest absolute Gasteiger partial charge is 0.251 e. The molecular formula is C11H19Cl2N3O2S. The van der Waals surface area contributed by atoms with Crippen LogP contribution in [0.1, 0.15) is 23.7 Å². The predicted octanol–water partition coefficient (Wildman–Crippen LogP) is 1.46. The number of halogens is 2. The molecule has 1 aliphatic rings. The lowest BCUT2D eigenvalue weighted by atomic mass is 10.2. The van der Waals surface area contributed by atoms with Gasteiger partial charge >= 0.3 is 0 Å². The molecule has 5 nitrogen and oxygen atoms in total. The fourth-order valence-corrected chi connectivity index (χ4v) is 2.48. The third kappa shape index (κ3) is 5.24. The van der Waals surface area contributed by atoms with Gasteiger partial charge in [0, 0.05) is 24.2 Å². The zero-order valence-corrected chi connectivity index (χ0v) is 13.3. The first kappa shape index (κ1) is 18.6. The minimum atomic E-state index is -0.382. The average molecular weight is 328 g/mol. The van der Waals surface area contributed by atoms with Crippen molar-refractivity contribution in [3.05, 3.63) is 16.1 Å². The number of amides is 1. The molecule has 0 saturated carbocycles. The first-order valence-electron chi connectivity index (χ1n) is 5.71. The molecule has 2 unspecified atom stereocenters. The number of aryl methyl sites for hydroxylation is 1. The Morgan fingerprint density at radius 2 is 2.37 bits per heavy atom. The zero-order valence-electron chi connectivity index (χ0n) is 10.8. The molecule has 2 heterocycles. The molecule has 0 aliphatic carbocycles. The summed E-state index contributed by atoms with van der Waals surface area (Å²) in [6.07, 6.45) is -0.382. The van der Waals surface area contributed by atoms with E-state index in [0.29, 0.717) is 13.2 Å². The van der Waals surface area contributed by atoms with Crippen LogP contribution >= 0.6 is 36.2 Å². The summed E-state index contributed by atoms with van der Waals surface area (Å²) in [5, 5.41) is 8.97. The Morgan fingerprint density at radius 3 is 2.89 bits per heavy atom. The number of carbonyl (C=O) groups excluding carboxylic acids is 1. The van der Waals surface area contributed by atoms with Crippen molar-refractivity contribution < 1.29 is 9.53 Å². The third-order valence-electron chi connectivity index (χ3n) is 2.59. The number of carbonyl (C=O) groups is 1. The van der Waals surface area contributed by atoms with Crippen LogP contribution < -0.4 is 10.6 Å². The van der Waals surface area contributed by atoms with Crippen molar-refractivity contribution in [1.29, 1.82) is 0 Å². The van der Waals surface area contributed by atoms with Gasteiger partial charge in [0.1, 0.15) is 11.1 Å². The van der Waals surface area contributed by atoms with E-state index in [2.05, 4.69) is 15.6 Å². The van der Waals surface area contributed by atoms with E-state index in [-0.39, 0.29) is 42.9 Å². The molecule has 0 radical (unpaired) electrons. The highest BCUT2D eigenvalue weighted by Gasteiger charge is 2.23. The van der Waals surface area contributed by atoms with Crippen LogP contribution in [-0.4, -0.2) is 36.7 Å². The van der Waals surface area contributed by atoms with Gasteiger partial charge in [-0.3, -0.25) is 4.79 Å². The molecule has 2 rings (SSSR count). The van der Waals surface area contributed by atoms with Crippen molar-refractivity contribution >= 4 is 42.1 Å². The fourth-order valence-electron chi connectivity index (χ4n) is 1.67. The maximum Gasteiger partial charge on any atom is 0.251 e. The Morgan fingerprint density at radius 1 is 1.63 bits per heavy atom. The summed E-state index contributed by atoms with van der Waals surface area (Å²) in [5.41, 5.74) is 0.988. The lowest BCUT2D eigenvalue weighted by Gasteiger charge is -2.24. The van der Waals surface area contributed by atoms with E-state index in [0.717, 1.165) is 17.2 Å². The number of ether oxygens (including phenoxy) is 1. The number of rotatable bonds is 3. The van der Waals surface area contributed by atoms with E-state index in [1.54, 1.807) is 11.3 Å². The molecule has 0 spiro atoms. The minimum absolute atomic E-state index is 0. The molecule has 0 aromatic carbocycles. The quantitative estimate of drug-likeness (QED) is 0.882. The maximum absolute atomic E-state index is 11.9. The van der Waals surface area contributed by atoms with Crippen molar-refractivity contribution in [3.63, 3.8) is 0 Å². The molecule has 1 aliphatic heterocycles. The van der Waals surface area contributed by atoms with Crippen molar-refractivity contribution in [2.75, 3.05) is 19.7 Å². The molecule has 1 aromatic heterocycles. The Hall–Kier alpha value is -0.400. The number of nitrogens with one attached hydrogen (secondary N) is 2. The van der Waals surface area contributed by atoms with Gasteiger partial charge in [-0.15, -0.1) is 36.2 Å². The van der Waals surface area contributed by atoms with E-state index in [1.165, 1.54) is 0 Å². The molecular weight excluding hydrogens is 309 g/mol. The maximum atomic E-state index is 11.9. The van der Waals surface area contributed by atoms with Gasteiger partial charge in [-0.1, -0.05) is 0 Å². The summed E-state index contributed by atoms with van der Waals surface area (Å²) in [4.78, 5) is 16.2. The average Bonchev–Trinajstić information content (AvgIpc) is 2.77. The molecule has 110 valence electrons. The highest BCUT2D eigenvalue weighted by molar-refractivity contribution is 7.09. The Kier molecular flexibility index (Phi) is 8.52. The van der Waals surface area contributed by atoms with E-state index in [9.17, 15) is 4.79 Å². The molecule has 2 N–H and O–H groups in total. The van der Waals surface area contributed by atoms with Gasteiger partial charge in [0.05, 0.1) is 12.6 Å². The standard InChI is InChI=1S/C11H17N3O2S.2ClH/c1-7-6-17-11(13-7)8(2)14-10(15)9-5-12-3-4-16-9;;/h6,8-9,12H,3-5H2,1-2H3,(H,14,15);2*1H. The molecule has 0 bridgehead atoms. The highest BCUT2D eigenvalue weighted by Crippen LogP contribution is 2.17. The van der Waals surface area contributed by atoms with E-state index >= 15 is 0 Å². The fraction of sp³-hybridized carbons (Fsp3) is 0.636. The zero-order chi connectivity index (χ0) is 12.3. The lowest BCUT2D eigenvalue weighted by molar-refractivity contribution is -0.134. The summed E-state index contributed by atoms with van der Waals surface area (Å²) in [6, 6.07) is -0.0632. The molecule has 2 atom stereocenters. The molecule has 1 amide bonds. The second-order valence-electron chi connectivity index (χ2n) is 4.12. The summed E-state index contributed by atoms with van der Waals surface area (Å²) in [5.74, 6) is -0.0717. The molecule has 1 fully saturated rings. The van der Waals surface area contributed by atoms with Crippen LogP contribution in [-0.2, 0) is 9.53 Å². The predicted molar refractivity (Wildman–Crippen MR) is 80.5 cm³/mol. The van der Waals surface area contributed by atoms with Gasteiger partial charge in [-0.25, -0.2) is 4.98 Å². The molecule has 19 heavy (non-hydrogen) atoms. The van der Waals surface area contributed by atoms with Crippen LogP contribution in [0.4, 0.5) is 0 Å². The van der Waals surface area contributed by atoms with Gasteiger partial charge in [0.2, 0.25) is 0 Å². The second kappa shape index (κ2) is 8.71. The van der Waals surface area contributed by atoms with Crippen LogP contribution in [0, 0.1) is 6.92 Å². The lowest BCUT2D eigenvalue weighted by Crippen LogP contribution is -2.48. The van der Waals surface area contributed by atoms with Crippen LogP contribution in [0.2, 0.25) is 0 Å². The SMILES string of the molecule is Cc1csc(C(C)NC(=O)C2CNCCO2)n1.Cl.Cl. The van der Waals surface area contributed by atoms with Gasteiger partial charge in [-0.05, 0) is 13.8 Å². The van der Waals surface area contributed by atoms with E-state index in [4.69, 9.17) is 4.74 Å². The van der Waals surface area contributed by atoms with Crippen molar-refractivity contribution in [2.24, 2.45) is 0 Å². The molecule has 8 heteroatoms. The second-order valence-corrected chi connectivity index (χ2v) is 5.01. The largest absolute Gasteiger partial charge is 0.366 e. The first-order chi connectivity index (χ1) is 8.16.